The van der Waals surface area contributed by atoms with Gasteiger partial charge in [-0.2, -0.15) is 0 Å². The Morgan fingerprint density at radius 1 is 0.750 bits per heavy atom. The van der Waals surface area contributed by atoms with Crippen molar-refractivity contribution in [2.24, 2.45) is 0 Å². The van der Waals surface area contributed by atoms with Gasteiger partial charge < -0.3 is 0 Å². The zero-order valence-corrected chi connectivity index (χ0v) is 25.5. The van der Waals surface area contributed by atoms with Crippen LogP contribution in [0.3, 0.4) is 0 Å². The molecule has 4 aromatic rings. The van der Waals surface area contributed by atoms with Gasteiger partial charge in [0, 0.05) is 11.0 Å². The van der Waals surface area contributed by atoms with Crippen molar-refractivity contribution in [1.82, 2.24) is 14.8 Å². The van der Waals surface area contributed by atoms with Crippen LogP contribution < -0.4 is 0 Å². The molecular formula is C37H47N3. The van der Waals surface area contributed by atoms with Gasteiger partial charge in [0.25, 0.3) is 0 Å². The van der Waals surface area contributed by atoms with Crippen molar-refractivity contribution < 1.29 is 0 Å². The zero-order chi connectivity index (χ0) is 28.3. The molecule has 0 spiro atoms. The van der Waals surface area contributed by atoms with Crippen molar-refractivity contribution in [2.45, 2.75) is 110 Å². The van der Waals surface area contributed by atoms with Gasteiger partial charge in [-0.25, -0.2) is 0 Å². The Balaban J connectivity index is 1.73. The van der Waals surface area contributed by atoms with Gasteiger partial charge in [-0.1, -0.05) is 134 Å². The predicted molar refractivity (Wildman–Crippen MR) is 169 cm³/mol. The quantitative estimate of drug-likeness (QED) is 0.225. The third kappa shape index (κ3) is 5.94. The van der Waals surface area contributed by atoms with Gasteiger partial charge >= 0.3 is 0 Å². The number of aromatic nitrogens is 3. The highest BCUT2D eigenvalue weighted by Gasteiger charge is 2.32. The molecule has 0 unspecified atom stereocenters. The van der Waals surface area contributed by atoms with Crippen LogP contribution in [-0.4, -0.2) is 14.8 Å². The van der Waals surface area contributed by atoms with Crippen LogP contribution in [0.1, 0.15) is 116 Å². The summed E-state index contributed by atoms with van der Waals surface area (Å²) in [6.45, 7) is 13.9. The number of hydrogen-bond donors (Lipinski definition) is 0. The summed E-state index contributed by atoms with van der Waals surface area (Å²) >= 11 is 0. The molecule has 1 saturated carbocycles. The van der Waals surface area contributed by atoms with Gasteiger partial charge in [0.1, 0.15) is 5.82 Å². The maximum Gasteiger partial charge on any atom is 0.168 e. The van der Waals surface area contributed by atoms with E-state index in [9.17, 15) is 0 Å². The third-order valence-corrected chi connectivity index (χ3v) is 8.83. The summed E-state index contributed by atoms with van der Waals surface area (Å²) in [5, 5.41) is 9.91. The van der Waals surface area contributed by atoms with Crippen LogP contribution in [-0.2, 0) is 10.8 Å². The lowest BCUT2D eigenvalue weighted by Crippen LogP contribution is -2.24. The molecule has 40 heavy (non-hydrogen) atoms. The molecule has 3 aromatic carbocycles. The van der Waals surface area contributed by atoms with Crippen LogP contribution in [0.2, 0.25) is 0 Å². The van der Waals surface area contributed by atoms with E-state index in [1.165, 1.54) is 72.9 Å². The third-order valence-electron chi connectivity index (χ3n) is 8.83. The Morgan fingerprint density at radius 2 is 1.45 bits per heavy atom. The fraction of sp³-hybridized carbons (Fsp3) is 0.459. The fourth-order valence-electron chi connectivity index (χ4n) is 6.30. The minimum absolute atomic E-state index is 0.0924. The molecule has 1 aromatic heterocycles. The maximum atomic E-state index is 4.97. The lowest BCUT2D eigenvalue weighted by Gasteiger charge is -2.30. The normalized spacial score (nSPS) is 14.9. The molecule has 1 heterocycles. The highest BCUT2D eigenvalue weighted by atomic mass is 15.3. The predicted octanol–water partition coefficient (Wildman–Crippen LogP) is 10.4. The molecule has 210 valence electrons. The Labute approximate surface area is 242 Å². The molecule has 1 aliphatic rings. The number of benzene rings is 3. The smallest absolute Gasteiger partial charge is 0.168 e. The van der Waals surface area contributed by atoms with E-state index >= 15 is 0 Å². The maximum absolute atomic E-state index is 4.97. The van der Waals surface area contributed by atoms with Crippen molar-refractivity contribution in [3.63, 3.8) is 0 Å². The summed E-state index contributed by atoms with van der Waals surface area (Å²) < 4.78 is 2.43. The van der Waals surface area contributed by atoms with E-state index in [0.717, 1.165) is 23.6 Å². The van der Waals surface area contributed by atoms with Gasteiger partial charge in [0.15, 0.2) is 5.82 Å². The summed E-state index contributed by atoms with van der Waals surface area (Å²) in [5.74, 6) is 2.59. The summed E-state index contributed by atoms with van der Waals surface area (Å²) in [5.41, 5.74) is 7.69. The Morgan fingerprint density at radius 3 is 2.15 bits per heavy atom. The van der Waals surface area contributed by atoms with Crippen molar-refractivity contribution in [3.8, 4) is 28.2 Å². The lowest BCUT2D eigenvalue weighted by molar-refractivity contribution is 0.422. The van der Waals surface area contributed by atoms with E-state index in [0.29, 0.717) is 5.92 Å². The first-order chi connectivity index (χ1) is 19.2. The van der Waals surface area contributed by atoms with E-state index in [1.54, 1.807) is 0 Å². The molecular weight excluding hydrogens is 486 g/mol. The van der Waals surface area contributed by atoms with Gasteiger partial charge in [-0.05, 0) is 65.0 Å². The molecule has 0 atom stereocenters. The van der Waals surface area contributed by atoms with Gasteiger partial charge in [-0.15, -0.1) is 10.2 Å². The summed E-state index contributed by atoms with van der Waals surface area (Å²) in [4.78, 5) is 0. The van der Waals surface area contributed by atoms with Crippen molar-refractivity contribution in [3.05, 3.63) is 89.7 Å². The molecule has 0 N–H and O–H groups in total. The van der Waals surface area contributed by atoms with Crippen LogP contribution in [0, 0.1) is 0 Å². The highest BCUT2D eigenvalue weighted by Crippen LogP contribution is 2.41. The summed E-state index contributed by atoms with van der Waals surface area (Å²) in [6, 6.07) is 26.7. The topological polar surface area (TPSA) is 30.7 Å². The second-order valence-corrected chi connectivity index (χ2v) is 13.5. The molecule has 0 amide bonds. The van der Waals surface area contributed by atoms with E-state index in [-0.39, 0.29) is 10.8 Å². The Hall–Kier alpha value is -3.20. The number of hydrogen-bond acceptors (Lipinski definition) is 2. The first-order valence-corrected chi connectivity index (χ1v) is 15.5. The van der Waals surface area contributed by atoms with Crippen molar-refractivity contribution in [2.75, 3.05) is 0 Å². The van der Waals surface area contributed by atoms with E-state index < -0.39 is 0 Å². The van der Waals surface area contributed by atoms with Gasteiger partial charge in [0.2, 0.25) is 0 Å². The molecule has 3 heteroatoms. The van der Waals surface area contributed by atoms with Crippen LogP contribution in [0.4, 0.5) is 0 Å². The average Bonchev–Trinajstić information content (AvgIpc) is 3.43. The second kappa shape index (κ2) is 11.7. The van der Waals surface area contributed by atoms with Crippen molar-refractivity contribution >= 4 is 0 Å². The van der Waals surface area contributed by atoms with Crippen LogP contribution >= 0.6 is 0 Å². The SMILES string of the molecule is CCCCC(C)(C)c1nnc(-c2cccc(-c3ccccc3)c2)n1-c1ccc(C(C)(C)C)cc1C1CCCCC1. The van der Waals surface area contributed by atoms with Crippen molar-refractivity contribution in [1.29, 1.82) is 0 Å². The van der Waals surface area contributed by atoms with E-state index in [2.05, 4.69) is 119 Å². The molecule has 5 rings (SSSR count). The van der Waals surface area contributed by atoms with E-state index in [1.807, 2.05) is 0 Å². The monoisotopic (exact) mass is 533 g/mol. The highest BCUT2D eigenvalue weighted by molar-refractivity contribution is 5.71. The van der Waals surface area contributed by atoms with Gasteiger partial charge in [0.05, 0.1) is 5.69 Å². The number of nitrogens with zero attached hydrogens (tertiary/aromatic N) is 3. The first kappa shape index (κ1) is 28.3. The van der Waals surface area contributed by atoms with Crippen LogP contribution in [0.25, 0.3) is 28.2 Å². The molecule has 1 aliphatic carbocycles. The number of unbranched alkanes of at least 4 members (excludes halogenated alkanes) is 1. The van der Waals surface area contributed by atoms with E-state index in [4.69, 9.17) is 10.2 Å². The van der Waals surface area contributed by atoms with Crippen LogP contribution in [0.5, 0.6) is 0 Å². The molecule has 3 nitrogen and oxygen atoms in total. The summed E-state index contributed by atoms with van der Waals surface area (Å²) in [7, 11) is 0. The summed E-state index contributed by atoms with van der Waals surface area (Å²) in [6.07, 6.45) is 9.94. The Bertz CT molecular complexity index is 1420. The molecule has 0 radical (unpaired) electrons. The standard InChI is InChI=1S/C37H47N3/c1-7-8-24-37(5,6)35-39-38-34(30-21-15-20-29(25-30)27-16-11-9-12-17-27)40(35)33-23-22-31(36(2,3)4)26-32(33)28-18-13-10-14-19-28/h9,11-12,15-17,20-23,25-26,28H,7-8,10,13-14,18-19,24H2,1-6H3. The largest absolute Gasteiger partial charge is 0.278 e. The molecule has 1 fully saturated rings. The minimum Gasteiger partial charge on any atom is -0.278 e. The zero-order valence-electron chi connectivity index (χ0n) is 25.5. The Kier molecular flexibility index (Phi) is 8.31. The lowest BCUT2D eigenvalue weighted by atomic mass is 9.79. The molecule has 0 bridgehead atoms. The fourth-order valence-corrected chi connectivity index (χ4v) is 6.30. The second-order valence-electron chi connectivity index (χ2n) is 13.5. The van der Waals surface area contributed by atoms with Gasteiger partial charge in [-0.3, -0.25) is 4.57 Å². The van der Waals surface area contributed by atoms with Crippen LogP contribution in [0.15, 0.2) is 72.8 Å². The molecule has 0 aliphatic heterocycles. The average molecular weight is 534 g/mol. The number of rotatable bonds is 8. The molecule has 0 saturated heterocycles. The minimum atomic E-state index is -0.0924. The first-order valence-electron chi connectivity index (χ1n) is 15.5.